The average molecular weight is 362 g/mol. The van der Waals surface area contributed by atoms with E-state index in [1.807, 2.05) is 7.05 Å². The lowest BCUT2D eigenvalue weighted by molar-refractivity contribution is -0.111. The Hall–Kier alpha value is -2.90. The summed E-state index contributed by atoms with van der Waals surface area (Å²) in [5.74, 6) is -0.889. The number of ether oxygens (including phenoxy) is 1. The maximum atomic E-state index is 13.5. The van der Waals surface area contributed by atoms with Gasteiger partial charge in [-0.3, -0.25) is 15.1 Å². The van der Waals surface area contributed by atoms with Crippen molar-refractivity contribution in [2.75, 3.05) is 24.2 Å². The topological polar surface area (TPSA) is 83.0 Å². The summed E-state index contributed by atoms with van der Waals surface area (Å²) >= 11 is 0. The van der Waals surface area contributed by atoms with E-state index in [2.05, 4.69) is 15.7 Å². The van der Waals surface area contributed by atoms with Gasteiger partial charge in [-0.2, -0.15) is 5.10 Å². The van der Waals surface area contributed by atoms with Crippen LogP contribution in [0.2, 0.25) is 0 Å². The highest BCUT2D eigenvalue weighted by Gasteiger charge is 2.18. The van der Waals surface area contributed by atoms with Gasteiger partial charge in [-0.1, -0.05) is 6.08 Å². The first-order valence-corrected chi connectivity index (χ1v) is 8.16. The van der Waals surface area contributed by atoms with E-state index in [9.17, 15) is 14.0 Å². The van der Waals surface area contributed by atoms with Crippen molar-refractivity contribution in [3.05, 3.63) is 36.2 Å². The molecular weight excluding hydrogens is 339 g/mol. The molecule has 1 aromatic rings. The Morgan fingerprint density at radius 3 is 2.65 bits per heavy atom. The first kappa shape index (κ1) is 19.4. The van der Waals surface area contributed by atoms with Crippen LogP contribution in [0.4, 0.5) is 20.6 Å². The lowest BCUT2D eigenvalue weighted by Crippen LogP contribution is -2.27. The number of hydrogen-bond acceptors (Lipinski definition) is 5. The second-order valence-corrected chi connectivity index (χ2v) is 6.93. The average Bonchev–Trinajstić information content (AvgIpc) is 2.91. The zero-order valence-electron chi connectivity index (χ0n) is 15.2. The molecule has 1 aliphatic heterocycles. The standard InChI is InChI=1S/C18H23FN4O3/c1-18(2,3)26-17(25)22-15-9-13(19)6-7-14(15)21-16(24)8-5-12-10-20-23(4)11-12/h5-10,12H,11H2,1-4H3,(H,21,24)(H,22,25)/b8-5+. The van der Waals surface area contributed by atoms with Crippen molar-refractivity contribution in [3.63, 3.8) is 0 Å². The third-order valence-corrected chi connectivity index (χ3v) is 3.30. The Kier molecular flexibility index (Phi) is 5.97. The van der Waals surface area contributed by atoms with Crippen LogP contribution in [0.3, 0.4) is 0 Å². The zero-order valence-corrected chi connectivity index (χ0v) is 15.2. The summed E-state index contributed by atoms with van der Waals surface area (Å²) in [5.41, 5.74) is -0.313. The van der Waals surface area contributed by atoms with E-state index < -0.39 is 23.4 Å². The second-order valence-electron chi connectivity index (χ2n) is 6.93. The maximum absolute atomic E-state index is 13.5. The Morgan fingerprint density at radius 1 is 1.31 bits per heavy atom. The number of carbonyl (C=O) groups excluding carboxylic acids is 2. The van der Waals surface area contributed by atoms with Crippen molar-refractivity contribution < 1.29 is 18.7 Å². The van der Waals surface area contributed by atoms with Crippen molar-refractivity contribution in [2.24, 2.45) is 11.0 Å². The molecule has 0 radical (unpaired) electrons. The van der Waals surface area contributed by atoms with Crippen molar-refractivity contribution >= 4 is 29.6 Å². The minimum absolute atomic E-state index is 0.0540. The highest BCUT2D eigenvalue weighted by molar-refractivity contribution is 6.03. The van der Waals surface area contributed by atoms with Crippen LogP contribution in [0.25, 0.3) is 0 Å². The zero-order chi connectivity index (χ0) is 19.3. The van der Waals surface area contributed by atoms with Gasteiger partial charge in [0.05, 0.1) is 11.4 Å². The van der Waals surface area contributed by atoms with E-state index in [0.29, 0.717) is 6.54 Å². The Morgan fingerprint density at radius 2 is 2.04 bits per heavy atom. The highest BCUT2D eigenvalue weighted by atomic mass is 19.1. The van der Waals surface area contributed by atoms with Crippen molar-refractivity contribution in [3.8, 4) is 0 Å². The number of benzene rings is 1. The summed E-state index contributed by atoms with van der Waals surface area (Å²) in [5, 5.41) is 10.9. The van der Waals surface area contributed by atoms with Crippen LogP contribution in [-0.4, -0.2) is 42.4 Å². The lowest BCUT2D eigenvalue weighted by Gasteiger charge is -2.20. The van der Waals surface area contributed by atoms with Crippen LogP contribution in [0.5, 0.6) is 0 Å². The molecule has 1 atom stereocenters. The van der Waals surface area contributed by atoms with Crippen molar-refractivity contribution in [2.45, 2.75) is 26.4 Å². The molecule has 1 aromatic carbocycles. The summed E-state index contributed by atoms with van der Waals surface area (Å²) < 4.78 is 18.7. The van der Waals surface area contributed by atoms with E-state index in [-0.39, 0.29) is 17.3 Å². The second kappa shape index (κ2) is 7.99. The molecule has 0 aliphatic carbocycles. The van der Waals surface area contributed by atoms with Crippen molar-refractivity contribution in [1.82, 2.24) is 5.01 Å². The third-order valence-electron chi connectivity index (χ3n) is 3.30. The SMILES string of the molecule is CN1CC(/C=C/C(=O)Nc2ccc(F)cc2NC(=O)OC(C)(C)C)C=N1. The Balaban J connectivity index is 2.04. The summed E-state index contributed by atoms with van der Waals surface area (Å²) in [6.45, 7) is 5.85. The van der Waals surface area contributed by atoms with Gasteiger partial charge in [0.15, 0.2) is 0 Å². The fourth-order valence-electron chi connectivity index (χ4n) is 2.24. The molecule has 0 saturated carbocycles. The number of rotatable bonds is 4. The van der Waals surface area contributed by atoms with Gasteiger partial charge in [0, 0.05) is 25.7 Å². The minimum Gasteiger partial charge on any atom is -0.444 e. The van der Waals surface area contributed by atoms with Gasteiger partial charge in [0.2, 0.25) is 5.91 Å². The lowest BCUT2D eigenvalue weighted by atomic mass is 10.1. The maximum Gasteiger partial charge on any atom is 0.412 e. The number of halogens is 1. The molecule has 2 rings (SSSR count). The van der Waals surface area contributed by atoms with Gasteiger partial charge in [-0.25, -0.2) is 9.18 Å². The smallest absolute Gasteiger partial charge is 0.412 e. The first-order valence-electron chi connectivity index (χ1n) is 8.16. The van der Waals surface area contributed by atoms with Gasteiger partial charge in [-0.05, 0) is 45.0 Å². The molecule has 26 heavy (non-hydrogen) atoms. The van der Waals surface area contributed by atoms with E-state index in [1.165, 1.54) is 18.2 Å². The molecule has 0 spiro atoms. The summed E-state index contributed by atoms with van der Waals surface area (Å²) in [6.07, 6.45) is 4.12. The van der Waals surface area contributed by atoms with E-state index in [1.54, 1.807) is 38.1 Å². The van der Waals surface area contributed by atoms with Gasteiger partial charge >= 0.3 is 6.09 Å². The number of carbonyl (C=O) groups is 2. The molecule has 7 nitrogen and oxygen atoms in total. The predicted molar refractivity (Wildman–Crippen MR) is 98.6 cm³/mol. The van der Waals surface area contributed by atoms with Gasteiger partial charge in [-0.15, -0.1) is 0 Å². The predicted octanol–water partition coefficient (Wildman–Crippen LogP) is 3.21. The van der Waals surface area contributed by atoms with Crippen LogP contribution < -0.4 is 10.6 Å². The molecule has 2 N–H and O–H groups in total. The number of anilines is 2. The molecule has 8 heteroatoms. The third kappa shape index (κ3) is 6.19. The fourth-order valence-corrected chi connectivity index (χ4v) is 2.24. The Bertz CT molecular complexity index is 740. The monoisotopic (exact) mass is 362 g/mol. The normalized spacial score (nSPS) is 16.8. The molecule has 0 bridgehead atoms. The Labute approximate surface area is 151 Å². The van der Waals surface area contributed by atoms with E-state index in [4.69, 9.17) is 4.74 Å². The van der Waals surface area contributed by atoms with Crippen LogP contribution in [0, 0.1) is 11.7 Å². The molecule has 0 saturated heterocycles. The van der Waals surface area contributed by atoms with Crippen molar-refractivity contribution in [1.29, 1.82) is 0 Å². The molecule has 2 amide bonds. The molecule has 1 aliphatic rings. The molecule has 1 unspecified atom stereocenters. The van der Waals surface area contributed by atoms with Gasteiger partial charge in [0.25, 0.3) is 0 Å². The highest BCUT2D eigenvalue weighted by Crippen LogP contribution is 2.24. The van der Waals surface area contributed by atoms with E-state index >= 15 is 0 Å². The van der Waals surface area contributed by atoms with Crippen LogP contribution in [0.1, 0.15) is 20.8 Å². The first-order chi connectivity index (χ1) is 12.1. The summed E-state index contributed by atoms with van der Waals surface area (Å²) in [7, 11) is 1.84. The molecule has 0 aromatic heterocycles. The van der Waals surface area contributed by atoms with Crippen LogP contribution >= 0.6 is 0 Å². The number of nitrogens with zero attached hydrogens (tertiary/aromatic N) is 2. The number of amides is 2. The van der Waals surface area contributed by atoms with Gasteiger partial charge < -0.3 is 10.1 Å². The fraction of sp³-hybridized carbons (Fsp3) is 0.389. The summed E-state index contributed by atoms with van der Waals surface area (Å²) in [4.78, 5) is 24.0. The molecular formula is C18H23FN4O3. The van der Waals surface area contributed by atoms with Gasteiger partial charge in [0.1, 0.15) is 11.4 Å². The number of hydrazone groups is 1. The molecule has 1 heterocycles. The van der Waals surface area contributed by atoms with E-state index in [0.717, 1.165) is 6.07 Å². The largest absolute Gasteiger partial charge is 0.444 e. The quantitative estimate of drug-likeness (QED) is 0.806. The molecule has 0 fully saturated rings. The number of hydrogen-bond donors (Lipinski definition) is 2. The summed E-state index contributed by atoms with van der Waals surface area (Å²) in [6, 6.07) is 3.68. The van der Waals surface area contributed by atoms with Crippen LogP contribution in [0.15, 0.2) is 35.5 Å². The molecule has 140 valence electrons. The number of nitrogens with one attached hydrogen (secondary N) is 2. The van der Waals surface area contributed by atoms with Crippen LogP contribution in [-0.2, 0) is 9.53 Å². The minimum atomic E-state index is -0.737.